The van der Waals surface area contributed by atoms with Gasteiger partial charge in [0.1, 0.15) is 24.7 Å². The van der Waals surface area contributed by atoms with E-state index in [1.807, 2.05) is 25.1 Å². The standard InChI is InChI=1S/C23H29NO5/c1-3-4-15-29-23(2,22(25)26)18-9-11-19(12-10-18)27-16-13-24-14-17-28-21-8-6-5-7-20(21)24/h5-12H,3-4,13-17H2,1-2H3,(H,25,26). The summed E-state index contributed by atoms with van der Waals surface area (Å²) in [5.74, 6) is 0.615. The molecule has 1 heterocycles. The van der Waals surface area contributed by atoms with E-state index < -0.39 is 11.6 Å². The summed E-state index contributed by atoms with van der Waals surface area (Å²) in [5.41, 5.74) is 0.334. The number of aliphatic carboxylic acids is 1. The van der Waals surface area contributed by atoms with Crippen LogP contribution in [-0.4, -0.2) is 44.0 Å². The van der Waals surface area contributed by atoms with Gasteiger partial charge in [-0.05, 0) is 43.2 Å². The molecule has 29 heavy (non-hydrogen) atoms. The molecule has 0 spiro atoms. The van der Waals surface area contributed by atoms with Crippen molar-refractivity contribution >= 4 is 11.7 Å². The Balaban J connectivity index is 1.57. The van der Waals surface area contributed by atoms with Gasteiger partial charge in [-0.2, -0.15) is 0 Å². The van der Waals surface area contributed by atoms with Crippen molar-refractivity contribution in [1.82, 2.24) is 0 Å². The maximum Gasteiger partial charge on any atom is 0.340 e. The topological polar surface area (TPSA) is 68.2 Å². The van der Waals surface area contributed by atoms with Crippen molar-refractivity contribution in [3.8, 4) is 11.5 Å². The van der Waals surface area contributed by atoms with Crippen LogP contribution in [0.25, 0.3) is 0 Å². The highest BCUT2D eigenvalue weighted by molar-refractivity contribution is 5.79. The maximum absolute atomic E-state index is 11.8. The van der Waals surface area contributed by atoms with Gasteiger partial charge in [0.25, 0.3) is 0 Å². The Morgan fingerprint density at radius 1 is 1.17 bits per heavy atom. The number of carboxylic acids is 1. The van der Waals surface area contributed by atoms with Crippen molar-refractivity contribution < 1.29 is 24.1 Å². The molecule has 1 unspecified atom stereocenters. The SMILES string of the molecule is CCCCOC(C)(C(=O)O)c1ccc(OCCN2CCOc3ccccc32)cc1. The van der Waals surface area contributed by atoms with Crippen molar-refractivity contribution in [1.29, 1.82) is 0 Å². The number of nitrogens with zero attached hydrogens (tertiary/aromatic N) is 1. The zero-order chi connectivity index (χ0) is 20.7. The van der Waals surface area contributed by atoms with Crippen molar-refractivity contribution in [2.75, 3.05) is 37.8 Å². The molecule has 1 atom stereocenters. The van der Waals surface area contributed by atoms with Crippen LogP contribution in [0.15, 0.2) is 48.5 Å². The first-order valence-corrected chi connectivity index (χ1v) is 10.1. The molecule has 0 fully saturated rings. The largest absolute Gasteiger partial charge is 0.492 e. The molecule has 1 aliphatic rings. The summed E-state index contributed by atoms with van der Waals surface area (Å²) in [5, 5.41) is 9.65. The van der Waals surface area contributed by atoms with Gasteiger partial charge in [0.2, 0.25) is 0 Å². The molecule has 0 aliphatic carbocycles. The summed E-state index contributed by atoms with van der Waals surface area (Å²) >= 11 is 0. The number of carbonyl (C=O) groups is 1. The maximum atomic E-state index is 11.8. The van der Waals surface area contributed by atoms with Gasteiger partial charge in [0.15, 0.2) is 5.60 Å². The van der Waals surface area contributed by atoms with Crippen LogP contribution in [0.4, 0.5) is 5.69 Å². The van der Waals surface area contributed by atoms with E-state index in [4.69, 9.17) is 14.2 Å². The lowest BCUT2D eigenvalue weighted by Gasteiger charge is -2.31. The van der Waals surface area contributed by atoms with Gasteiger partial charge in [-0.3, -0.25) is 0 Å². The number of anilines is 1. The molecule has 0 amide bonds. The first-order chi connectivity index (χ1) is 14.0. The summed E-state index contributed by atoms with van der Waals surface area (Å²) in [6, 6.07) is 15.1. The Hall–Kier alpha value is -2.73. The number of hydrogen-bond acceptors (Lipinski definition) is 5. The monoisotopic (exact) mass is 399 g/mol. The fourth-order valence-electron chi connectivity index (χ4n) is 3.29. The van der Waals surface area contributed by atoms with Crippen LogP contribution in [0.2, 0.25) is 0 Å². The molecule has 0 saturated carbocycles. The molecule has 2 aromatic carbocycles. The quantitative estimate of drug-likeness (QED) is 0.607. The third-order valence-electron chi connectivity index (χ3n) is 5.16. The van der Waals surface area contributed by atoms with Gasteiger partial charge in [-0.1, -0.05) is 37.6 Å². The minimum Gasteiger partial charge on any atom is -0.492 e. The summed E-state index contributed by atoms with van der Waals surface area (Å²) < 4.78 is 17.2. The first-order valence-electron chi connectivity index (χ1n) is 10.1. The highest BCUT2D eigenvalue weighted by Gasteiger charge is 2.36. The van der Waals surface area contributed by atoms with E-state index in [-0.39, 0.29) is 0 Å². The van der Waals surface area contributed by atoms with Gasteiger partial charge in [-0.15, -0.1) is 0 Å². The Kier molecular flexibility index (Phi) is 6.99. The van der Waals surface area contributed by atoms with E-state index >= 15 is 0 Å². The predicted molar refractivity (Wildman–Crippen MR) is 112 cm³/mol. The zero-order valence-corrected chi connectivity index (χ0v) is 17.1. The van der Waals surface area contributed by atoms with Crippen molar-refractivity contribution in [3.63, 3.8) is 0 Å². The van der Waals surface area contributed by atoms with Crippen LogP contribution in [0, 0.1) is 0 Å². The number of hydrogen-bond donors (Lipinski definition) is 1. The number of carboxylic acid groups (broad SMARTS) is 1. The number of benzene rings is 2. The Morgan fingerprint density at radius 3 is 2.66 bits per heavy atom. The lowest BCUT2D eigenvalue weighted by Crippen LogP contribution is -2.36. The van der Waals surface area contributed by atoms with Crippen LogP contribution in [0.3, 0.4) is 0 Å². The Morgan fingerprint density at radius 2 is 1.93 bits per heavy atom. The van der Waals surface area contributed by atoms with Crippen molar-refractivity contribution in [3.05, 3.63) is 54.1 Å². The number of unbranched alkanes of at least 4 members (excludes halogenated alkanes) is 1. The molecule has 3 rings (SSSR count). The summed E-state index contributed by atoms with van der Waals surface area (Å²) in [7, 11) is 0. The lowest BCUT2D eigenvalue weighted by atomic mass is 9.95. The number of fused-ring (bicyclic) bond motifs is 1. The smallest absolute Gasteiger partial charge is 0.340 e. The van der Waals surface area contributed by atoms with E-state index in [1.165, 1.54) is 0 Å². The van der Waals surface area contributed by atoms with Gasteiger partial charge in [0, 0.05) is 6.61 Å². The van der Waals surface area contributed by atoms with E-state index in [9.17, 15) is 9.90 Å². The second kappa shape index (κ2) is 9.65. The van der Waals surface area contributed by atoms with E-state index in [0.717, 1.165) is 37.4 Å². The molecule has 6 nitrogen and oxygen atoms in total. The van der Waals surface area contributed by atoms with Gasteiger partial charge >= 0.3 is 5.97 Å². The van der Waals surface area contributed by atoms with Gasteiger partial charge in [-0.25, -0.2) is 4.79 Å². The van der Waals surface area contributed by atoms with E-state index in [1.54, 1.807) is 31.2 Å². The predicted octanol–water partition coefficient (Wildman–Crippen LogP) is 4.08. The van der Waals surface area contributed by atoms with Crippen LogP contribution in [0.5, 0.6) is 11.5 Å². The summed E-state index contributed by atoms with van der Waals surface area (Å²) in [6.45, 7) is 6.81. The molecule has 2 aromatic rings. The van der Waals surface area contributed by atoms with Gasteiger partial charge in [0.05, 0.1) is 18.8 Å². The molecule has 1 aliphatic heterocycles. The highest BCUT2D eigenvalue weighted by atomic mass is 16.5. The Labute approximate surface area is 172 Å². The highest BCUT2D eigenvalue weighted by Crippen LogP contribution is 2.31. The van der Waals surface area contributed by atoms with Crippen molar-refractivity contribution in [2.24, 2.45) is 0 Å². The summed E-state index contributed by atoms with van der Waals surface area (Å²) in [6.07, 6.45) is 1.78. The fourth-order valence-corrected chi connectivity index (χ4v) is 3.29. The van der Waals surface area contributed by atoms with Crippen LogP contribution >= 0.6 is 0 Å². The van der Waals surface area contributed by atoms with Crippen LogP contribution < -0.4 is 14.4 Å². The minimum absolute atomic E-state index is 0.415. The van der Waals surface area contributed by atoms with Crippen LogP contribution in [0.1, 0.15) is 32.3 Å². The minimum atomic E-state index is -1.36. The number of ether oxygens (including phenoxy) is 3. The molecule has 0 saturated heterocycles. The molecule has 0 bridgehead atoms. The second-order valence-electron chi connectivity index (χ2n) is 7.22. The molecule has 6 heteroatoms. The summed E-state index contributed by atoms with van der Waals surface area (Å²) in [4.78, 5) is 14.0. The molecule has 0 radical (unpaired) electrons. The zero-order valence-electron chi connectivity index (χ0n) is 17.1. The third-order valence-corrected chi connectivity index (χ3v) is 5.16. The van der Waals surface area contributed by atoms with Crippen LogP contribution in [-0.2, 0) is 15.1 Å². The third kappa shape index (κ3) is 5.01. The number of para-hydroxylation sites is 2. The Bertz CT molecular complexity index is 807. The molecular formula is C23H29NO5. The average molecular weight is 399 g/mol. The fraction of sp³-hybridized carbons (Fsp3) is 0.435. The molecule has 0 aromatic heterocycles. The number of rotatable bonds is 10. The molecular weight excluding hydrogens is 370 g/mol. The lowest BCUT2D eigenvalue weighted by molar-refractivity contribution is -0.165. The molecule has 1 N–H and O–H groups in total. The average Bonchev–Trinajstić information content (AvgIpc) is 2.74. The normalized spacial score (nSPS) is 15.2. The van der Waals surface area contributed by atoms with E-state index in [0.29, 0.717) is 31.1 Å². The second-order valence-corrected chi connectivity index (χ2v) is 7.22. The first kappa shape index (κ1) is 21.0. The van der Waals surface area contributed by atoms with Crippen molar-refractivity contribution in [2.45, 2.75) is 32.3 Å². The van der Waals surface area contributed by atoms with E-state index in [2.05, 4.69) is 11.0 Å². The van der Waals surface area contributed by atoms with Gasteiger partial charge < -0.3 is 24.2 Å². The molecule has 156 valence electrons.